The Balaban J connectivity index is 1.28. The van der Waals surface area contributed by atoms with Gasteiger partial charge in [-0.15, -0.1) is 0 Å². The van der Waals surface area contributed by atoms with Gasteiger partial charge in [-0.2, -0.15) is 5.26 Å². The molecule has 0 radical (unpaired) electrons. The van der Waals surface area contributed by atoms with E-state index in [1.807, 2.05) is 43.3 Å². The van der Waals surface area contributed by atoms with E-state index < -0.39 is 10.8 Å². The monoisotopic (exact) mass is 482 g/mol. The van der Waals surface area contributed by atoms with E-state index in [1.54, 1.807) is 31.0 Å². The number of imidazole rings is 1. The van der Waals surface area contributed by atoms with E-state index >= 15 is 0 Å². The van der Waals surface area contributed by atoms with Crippen LogP contribution in [0.1, 0.15) is 41.5 Å². The van der Waals surface area contributed by atoms with E-state index in [0.29, 0.717) is 12.4 Å². The fraction of sp³-hybridized carbons (Fsp3) is 0.167. The number of aromatic amines is 1. The van der Waals surface area contributed by atoms with Gasteiger partial charge in [0.1, 0.15) is 5.41 Å². The first kappa shape index (κ1) is 21.5. The van der Waals surface area contributed by atoms with Crippen molar-refractivity contribution in [1.82, 2.24) is 19.9 Å². The predicted molar refractivity (Wildman–Crippen MR) is 140 cm³/mol. The molecule has 3 aromatic heterocycles. The normalized spacial score (nSPS) is 23.2. The number of nitrogens with one attached hydrogen (secondary N) is 2. The van der Waals surface area contributed by atoms with E-state index in [2.05, 4.69) is 49.5 Å². The molecule has 37 heavy (non-hydrogen) atoms. The lowest BCUT2D eigenvalue weighted by atomic mass is 9.47. The predicted octanol–water partition coefficient (Wildman–Crippen LogP) is 5.32. The third-order valence-corrected chi connectivity index (χ3v) is 8.11. The highest BCUT2D eigenvalue weighted by atomic mass is 16.2. The van der Waals surface area contributed by atoms with Crippen LogP contribution in [0.15, 0.2) is 85.6 Å². The summed E-state index contributed by atoms with van der Waals surface area (Å²) < 4.78 is 0. The van der Waals surface area contributed by atoms with Crippen LogP contribution >= 0.6 is 0 Å². The summed E-state index contributed by atoms with van der Waals surface area (Å²) in [5.41, 5.74) is 3.63. The SMILES string of the molecule is CC1(C(=O)Nc2ncc(-c3cccc4ccccc34)[nH]2)CC2(C#N)c3ccncc3C1c1ccncc12. The Morgan fingerprint density at radius 3 is 2.70 bits per heavy atom. The van der Waals surface area contributed by atoms with Gasteiger partial charge in [0.25, 0.3) is 0 Å². The Morgan fingerprint density at radius 1 is 1.00 bits per heavy atom. The molecule has 3 unspecified atom stereocenters. The van der Waals surface area contributed by atoms with Crippen molar-refractivity contribution in [2.24, 2.45) is 5.41 Å². The van der Waals surface area contributed by atoms with Crippen LogP contribution in [-0.2, 0) is 10.2 Å². The van der Waals surface area contributed by atoms with E-state index in [9.17, 15) is 10.1 Å². The molecule has 1 amide bonds. The average molecular weight is 483 g/mol. The molecule has 3 aliphatic rings. The summed E-state index contributed by atoms with van der Waals surface area (Å²) >= 11 is 0. The molecule has 7 heteroatoms. The minimum Gasteiger partial charge on any atom is -0.324 e. The number of carbonyl (C=O) groups is 1. The van der Waals surface area contributed by atoms with Crippen LogP contribution in [0.25, 0.3) is 22.0 Å². The third-order valence-electron chi connectivity index (χ3n) is 8.11. The number of hydrogen-bond acceptors (Lipinski definition) is 5. The van der Waals surface area contributed by atoms with E-state index in [4.69, 9.17) is 0 Å². The van der Waals surface area contributed by atoms with Gasteiger partial charge in [-0.1, -0.05) is 42.5 Å². The second kappa shape index (κ2) is 7.58. The van der Waals surface area contributed by atoms with Crippen molar-refractivity contribution in [2.75, 3.05) is 5.32 Å². The molecule has 0 saturated carbocycles. The van der Waals surface area contributed by atoms with Gasteiger partial charge in [-0.05, 0) is 58.5 Å². The van der Waals surface area contributed by atoms with Gasteiger partial charge in [-0.3, -0.25) is 20.1 Å². The molecule has 8 rings (SSSR count). The molecule has 2 N–H and O–H groups in total. The largest absolute Gasteiger partial charge is 0.324 e. The topological polar surface area (TPSA) is 107 Å². The van der Waals surface area contributed by atoms with Gasteiger partial charge >= 0.3 is 0 Å². The number of carbonyl (C=O) groups excluding carboxylic acids is 1. The van der Waals surface area contributed by atoms with Crippen LogP contribution in [0.5, 0.6) is 0 Å². The quantitative estimate of drug-likeness (QED) is 0.362. The van der Waals surface area contributed by atoms with Gasteiger partial charge in [0.15, 0.2) is 0 Å². The van der Waals surface area contributed by atoms with Crippen molar-refractivity contribution in [3.8, 4) is 17.3 Å². The van der Waals surface area contributed by atoms with Crippen LogP contribution < -0.4 is 5.32 Å². The lowest BCUT2D eigenvalue weighted by Crippen LogP contribution is -2.54. The number of amides is 1. The zero-order valence-electron chi connectivity index (χ0n) is 20.1. The zero-order chi connectivity index (χ0) is 25.2. The Labute approximate surface area is 213 Å². The molecule has 3 atom stereocenters. The Morgan fingerprint density at radius 2 is 1.81 bits per heavy atom. The standard InChI is InChI=1S/C30H22N6O/c1-29(16-30(17-31)23-10-12-32-13-22(23)26(29)21-9-11-33-14-24(21)30)27(37)36-28-34-15-25(35-28)20-8-4-6-18-5-2-3-7-19(18)20/h2-15,26H,16H2,1H3,(H2,34,35,36,37). The van der Waals surface area contributed by atoms with Crippen LogP contribution in [0, 0.1) is 16.7 Å². The third kappa shape index (κ3) is 2.87. The number of nitriles is 1. The number of rotatable bonds is 3. The molecule has 0 spiro atoms. The van der Waals surface area contributed by atoms with Gasteiger partial charge < -0.3 is 4.98 Å². The highest BCUT2D eigenvalue weighted by Gasteiger charge is 2.61. The first-order valence-electron chi connectivity index (χ1n) is 12.2. The van der Waals surface area contributed by atoms with Gasteiger partial charge in [0, 0.05) is 36.3 Å². The fourth-order valence-electron chi connectivity index (χ4n) is 6.48. The number of benzene rings is 2. The summed E-state index contributed by atoms with van der Waals surface area (Å²) in [6, 6.07) is 20.7. The van der Waals surface area contributed by atoms with Crippen molar-refractivity contribution >= 4 is 22.6 Å². The first-order valence-corrected chi connectivity index (χ1v) is 12.2. The number of hydrogen-bond donors (Lipinski definition) is 2. The highest BCUT2D eigenvalue weighted by Crippen LogP contribution is 2.63. The molecule has 7 nitrogen and oxygen atoms in total. The molecular weight excluding hydrogens is 460 g/mol. The van der Waals surface area contributed by atoms with Crippen molar-refractivity contribution in [2.45, 2.75) is 24.7 Å². The summed E-state index contributed by atoms with van der Waals surface area (Å²) in [4.78, 5) is 30.4. The molecule has 2 aromatic carbocycles. The molecular formula is C30H22N6O. The fourth-order valence-corrected chi connectivity index (χ4v) is 6.48. The Kier molecular flexibility index (Phi) is 4.40. The van der Waals surface area contributed by atoms with Crippen molar-refractivity contribution in [3.63, 3.8) is 0 Å². The second-order valence-corrected chi connectivity index (χ2v) is 10.1. The van der Waals surface area contributed by atoms with Crippen LogP contribution in [0.3, 0.4) is 0 Å². The first-order chi connectivity index (χ1) is 18.0. The number of nitrogens with zero attached hydrogens (tertiary/aromatic N) is 4. The minimum atomic E-state index is -0.972. The van der Waals surface area contributed by atoms with Crippen molar-refractivity contribution in [3.05, 3.63) is 108 Å². The average Bonchev–Trinajstić information content (AvgIpc) is 3.41. The van der Waals surface area contributed by atoms with Crippen LogP contribution in [0.2, 0.25) is 0 Å². The molecule has 5 aromatic rings. The molecule has 0 fully saturated rings. The molecule has 0 saturated heterocycles. The molecule has 2 bridgehead atoms. The summed E-state index contributed by atoms with van der Waals surface area (Å²) in [6.45, 7) is 1.94. The minimum absolute atomic E-state index is 0.187. The van der Waals surface area contributed by atoms with E-state index in [1.165, 1.54) is 0 Å². The van der Waals surface area contributed by atoms with Crippen LogP contribution in [0.4, 0.5) is 5.95 Å². The smallest absolute Gasteiger partial charge is 0.233 e. The lowest BCUT2D eigenvalue weighted by molar-refractivity contribution is -0.127. The number of pyridine rings is 2. The Bertz CT molecular complexity index is 1710. The summed E-state index contributed by atoms with van der Waals surface area (Å²) in [7, 11) is 0. The number of aromatic nitrogens is 4. The summed E-state index contributed by atoms with van der Waals surface area (Å²) in [5, 5.41) is 15.8. The molecule has 178 valence electrons. The molecule has 0 aliphatic heterocycles. The van der Waals surface area contributed by atoms with Crippen molar-refractivity contribution in [1.29, 1.82) is 5.26 Å². The van der Waals surface area contributed by atoms with Gasteiger partial charge in [0.2, 0.25) is 11.9 Å². The van der Waals surface area contributed by atoms with E-state index in [-0.39, 0.29) is 11.8 Å². The number of fused-ring (bicyclic) bond motifs is 2. The molecule has 3 aliphatic carbocycles. The maximum absolute atomic E-state index is 14.0. The summed E-state index contributed by atoms with van der Waals surface area (Å²) in [5.74, 6) is -0.0622. The highest BCUT2D eigenvalue weighted by molar-refractivity contribution is 5.98. The maximum atomic E-state index is 14.0. The summed E-state index contributed by atoms with van der Waals surface area (Å²) in [6.07, 6.45) is 9.09. The lowest BCUT2D eigenvalue weighted by Gasteiger charge is -2.53. The zero-order valence-corrected chi connectivity index (χ0v) is 20.1. The van der Waals surface area contributed by atoms with E-state index in [0.717, 1.165) is 44.3 Å². The maximum Gasteiger partial charge on any atom is 0.233 e. The van der Waals surface area contributed by atoms with Gasteiger partial charge in [0.05, 0.1) is 23.4 Å². The Hall–Kier alpha value is -4.83. The van der Waals surface area contributed by atoms with Crippen LogP contribution in [-0.4, -0.2) is 25.8 Å². The van der Waals surface area contributed by atoms with Crippen molar-refractivity contribution < 1.29 is 4.79 Å². The molecule has 3 heterocycles. The number of H-pyrrole nitrogens is 1. The van der Waals surface area contributed by atoms with Gasteiger partial charge in [-0.25, -0.2) is 4.98 Å². The number of anilines is 1. The second-order valence-electron chi connectivity index (χ2n) is 10.1.